The summed E-state index contributed by atoms with van der Waals surface area (Å²) in [6, 6.07) is 9.67. The molecule has 0 radical (unpaired) electrons. The first-order chi connectivity index (χ1) is 10.2. The summed E-state index contributed by atoms with van der Waals surface area (Å²) in [5, 5.41) is 6.32. The van der Waals surface area contributed by atoms with Gasteiger partial charge in [-0.15, -0.1) is 0 Å². The number of carbonyl (C=O) groups is 1. The molecule has 0 saturated carbocycles. The Labute approximate surface area is 126 Å². The van der Waals surface area contributed by atoms with Crippen molar-refractivity contribution in [2.75, 3.05) is 25.5 Å². The molecule has 0 aliphatic carbocycles. The molecule has 0 aromatic heterocycles. The second-order valence-electron chi connectivity index (χ2n) is 6.24. The molecule has 2 aliphatic heterocycles. The van der Waals surface area contributed by atoms with Crippen LogP contribution in [0.5, 0.6) is 0 Å². The summed E-state index contributed by atoms with van der Waals surface area (Å²) in [5.41, 5.74) is 2.23. The Morgan fingerprint density at radius 1 is 1.24 bits per heavy atom. The average molecular weight is 287 g/mol. The Bertz CT molecular complexity index is 485. The molecule has 2 saturated heterocycles. The summed E-state index contributed by atoms with van der Waals surface area (Å²) in [4.78, 5) is 14.0. The van der Waals surface area contributed by atoms with E-state index in [1.54, 1.807) is 7.05 Å². The predicted octanol–water partition coefficient (Wildman–Crippen LogP) is 2.01. The summed E-state index contributed by atoms with van der Waals surface area (Å²) >= 11 is 0. The molecule has 2 heterocycles. The van der Waals surface area contributed by atoms with Gasteiger partial charge in [-0.25, -0.2) is 0 Å². The second-order valence-corrected chi connectivity index (χ2v) is 6.24. The van der Waals surface area contributed by atoms with Gasteiger partial charge in [0.2, 0.25) is 5.91 Å². The minimum atomic E-state index is 0.0596. The fourth-order valence-electron chi connectivity index (χ4n) is 3.58. The van der Waals surface area contributed by atoms with E-state index in [2.05, 4.69) is 27.7 Å². The zero-order valence-corrected chi connectivity index (χ0v) is 12.8. The molecule has 4 heteroatoms. The van der Waals surface area contributed by atoms with E-state index in [-0.39, 0.29) is 5.91 Å². The number of carbonyl (C=O) groups excluding carboxylic acids is 1. The van der Waals surface area contributed by atoms with E-state index in [0.717, 1.165) is 11.6 Å². The third kappa shape index (κ3) is 3.56. The molecule has 0 spiro atoms. The molecule has 2 fully saturated rings. The predicted molar refractivity (Wildman–Crippen MR) is 85.5 cm³/mol. The molecule has 2 unspecified atom stereocenters. The van der Waals surface area contributed by atoms with E-state index >= 15 is 0 Å². The summed E-state index contributed by atoms with van der Waals surface area (Å²) < 4.78 is 0. The molecule has 4 nitrogen and oxygen atoms in total. The average Bonchev–Trinajstić information content (AvgIpc) is 2.96. The number of likely N-dealkylation sites (N-methyl/N-ethyl adjacent to an activating group) is 1. The van der Waals surface area contributed by atoms with Gasteiger partial charge in [-0.1, -0.05) is 12.1 Å². The monoisotopic (exact) mass is 287 g/mol. The molecule has 1 aromatic carbocycles. The van der Waals surface area contributed by atoms with Gasteiger partial charge >= 0.3 is 0 Å². The number of hydrogen-bond donors (Lipinski definition) is 2. The third-order valence-corrected chi connectivity index (χ3v) is 4.79. The second kappa shape index (κ2) is 6.48. The maximum atomic E-state index is 11.4. The first-order valence-corrected chi connectivity index (χ1v) is 8.04. The van der Waals surface area contributed by atoms with Gasteiger partial charge in [-0.3, -0.25) is 4.79 Å². The lowest BCUT2D eigenvalue weighted by Crippen LogP contribution is -2.42. The Balaban J connectivity index is 1.54. The van der Waals surface area contributed by atoms with Gasteiger partial charge in [0.25, 0.3) is 0 Å². The van der Waals surface area contributed by atoms with Crippen LogP contribution in [0.4, 0.5) is 5.69 Å². The van der Waals surface area contributed by atoms with Crippen LogP contribution >= 0.6 is 0 Å². The molecular weight excluding hydrogens is 262 g/mol. The van der Waals surface area contributed by atoms with E-state index in [1.807, 2.05) is 12.1 Å². The Morgan fingerprint density at radius 3 is 2.81 bits per heavy atom. The van der Waals surface area contributed by atoms with Crippen molar-refractivity contribution in [3.05, 3.63) is 29.8 Å². The zero-order chi connectivity index (χ0) is 14.7. The first-order valence-electron chi connectivity index (χ1n) is 8.04. The highest BCUT2D eigenvalue weighted by molar-refractivity contribution is 5.78. The molecule has 0 bridgehead atoms. The fraction of sp³-hybridized carbons (Fsp3) is 0.588. The third-order valence-electron chi connectivity index (χ3n) is 4.79. The number of benzene rings is 1. The number of fused-ring (bicyclic) bond motifs is 1. The van der Waals surface area contributed by atoms with E-state index in [9.17, 15) is 4.79 Å². The number of hydrogen-bond acceptors (Lipinski definition) is 3. The van der Waals surface area contributed by atoms with Crippen molar-refractivity contribution < 1.29 is 4.79 Å². The molecule has 1 amide bonds. The minimum absolute atomic E-state index is 0.0596. The molecule has 2 atom stereocenters. The van der Waals surface area contributed by atoms with Crippen LogP contribution in [-0.4, -0.2) is 43.0 Å². The van der Waals surface area contributed by atoms with E-state index in [4.69, 9.17) is 0 Å². The summed E-state index contributed by atoms with van der Waals surface area (Å²) in [6.07, 6.45) is 5.68. The summed E-state index contributed by atoms with van der Waals surface area (Å²) in [5.74, 6) is 0.0596. The lowest BCUT2D eigenvalue weighted by Gasteiger charge is -2.35. The van der Waals surface area contributed by atoms with Gasteiger partial charge < -0.3 is 15.5 Å². The SMILES string of the molecule is CNC(=O)Cc1ccc(NC2CCN3CCCC3C2)cc1. The van der Waals surface area contributed by atoms with Crippen LogP contribution < -0.4 is 10.6 Å². The largest absolute Gasteiger partial charge is 0.382 e. The Kier molecular flexibility index (Phi) is 4.44. The summed E-state index contributed by atoms with van der Waals surface area (Å²) in [7, 11) is 1.67. The van der Waals surface area contributed by atoms with Crippen molar-refractivity contribution in [3.8, 4) is 0 Å². The van der Waals surface area contributed by atoms with Crippen molar-refractivity contribution in [1.82, 2.24) is 10.2 Å². The molecular formula is C17H25N3O. The van der Waals surface area contributed by atoms with E-state index in [0.29, 0.717) is 12.5 Å². The lowest BCUT2D eigenvalue weighted by atomic mass is 9.97. The van der Waals surface area contributed by atoms with Crippen molar-refractivity contribution in [3.63, 3.8) is 0 Å². The maximum absolute atomic E-state index is 11.4. The molecule has 3 rings (SSSR count). The van der Waals surface area contributed by atoms with Crippen LogP contribution in [0.2, 0.25) is 0 Å². The number of amides is 1. The van der Waals surface area contributed by atoms with Crippen LogP contribution in [0.25, 0.3) is 0 Å². The van der Waals surface area contributed by atoms with Crippen LogP contribution in [0.1, 0.15) is 31.2 Å². The van der Waals surface area contributed by atoms with Gasteiger partial charge in [0.1, 0.15) is 0 Å². The van der Waals surface area contributed by atoms with E-state index < -0.39 is 0 Å². The smallest absolute Gasteiger partial charge is 0.224 e. The standard InChI is InChI=1S/C17H25N3O/c1-18-17(21)11-13-4-6-14(7-5-13)19-15-8-10-20-9-2-3-16(20)12-15/h4-7,15-16,19H,2-3,8-12H2,1H3,(H,18,21). The highest BCUT2D eigenvalue weighted by Gasteiger charge is 2.31. The van der Waals surface area contributed by atoms with Gasteiger partial charge in [0.05, 0.1) is 6.42 Å². The van der Waals surface area contributed by atoms with Gasteiger partial charge in [-0.05, 0) is 49.9 Å². The number of rotatable bonds is 4. The fourth-order valence-corrected chi connectivity index (χ4v) is 3.58. The first kappa shape index (κ1) is 14.4. The Morgan fingerprint density at radius 2 is 2.05 bits per heavy atom. The van der Waals surface area contributed by atoms with Gasteiger partial charge in [-0.2, -0.15) is 0 Å². The van der Waals surface area contributed by atoms with Crippen molar-refractivity contribution >= 4 is 11.6 Å². The topological polar surface area (TPSA) is 44.4 Å². The molecule has 21 heavy (non-hydrogen) atoms. The van der Waals surface area contributed by atoms with Gasteiger partial charge in [0.15, 0.2) is 0 Å². The molecule has 2 aliphatic rings. The Hall–Kier alpha value is -1.55. The van der Waals surface area contributed by atoms with Crippen molar-refractivity contribution in [2.45, 2.75) is 44.2 Å². The molecule has 2 N–H and O–H groups in total. The highest BCUT2D eigenvalue weighted by Crippen LogP contribution is 2.28. The van der Waals surface area contributed by atoms with E-state index in [1.165, 1.54) is 44.5 Å². The molecule has 1 aromatic rings. The van der Waals surface area contributed by atoms with Crippen LogP contribution in [0.3, 0.4) is 0 Å². The van der Waals surface area contributed by atoms with Crippen molar-refractivity contribution in [2.24, 2.45) is 0 Å². The minimum Gasteiger partial charge on any atom is -0.382 e. The quantitative estimate of drug-likeness (QED) is 0.890. The number of nitrogens with one attached hydrogen (secondary N) is 2. The summed E-state index contributed by atoms with van der Waals surface area (Å²) in [6.45, 7) is 2.53. The number of piperidine rings is 1. The lowest BCUT2D eigenvalue weighted by molar-refractivity contribution is -0.119. The highest BCUT2D eigenvalue weighted by atomic mass is 16.1. The molecule has 114 valence electrons. The van der Waals surface area contributed by atoms with Crippen LogP contribution in [0.15, 0.2) is 24.3 Å². The zero-order valence-electron chi connectivity index (χ0n) is 12.8. The number of anilines is 1. The van der Waals surface area contributed by atoms with Crippen LogP contribution in [-0.2, 0) is 11.2 Å². The van der Waals surface area contributed by atoms with Gasteiger partial charge in [0, 0.05) is 31.4 Å². The van der Waals surface area contributed by atoms with Crippen molar-refractivity contribution in [1.29, 1.82) is 0 Å². The number of nitrogens with zero attached hydrogens (tertiary/aromatic N) is 1. The van der Waals surface area contributed by atoms with Crippen LogP contribution in [0, 0.1) is 0 Å². The maximum Gasteiger partial charge on any atom is 0.224 e. The normalized spacial score (nSPS) is 25.4.